The van der Waals surface area contributed by atoms with Gasteiger partial charge in [0, 0.05) is 25.2 Å². The lowest BCUT2D eigenvalue weighted by Gasteiger charge is -2.42. The molecule has 0 bridgehead atoms. The summed E-state index contributed by atoms with van der Waals surface area (Å²) >= 11 is 0. The standard InChI is InChI=1S/C12H19N5O/c1-8-6-17(7-9(2)16(8)3)12(18)10-4-15-11(13)5-14-10/h4-5,8-9H,6-7H2,1-3H3,(H2,13,15). The molecule has 98 valence electrons. The number of likely N-dealkylation sites (N-methyl/N-ethyl adjacent to an activating group) is 1. The van der Waals surface area contributed by atoms with Crippen LogP contribution in [0, 0.1) is 0 Å². The minimum atomic E-state index is -0.0747. The van der Waals surface area contributed by atoms with Crippen LogP contribution >= 0.6 is 0 Å². The summed E-state index contributed by atoms with van der Waals surface area (Å²) in [5, 5.41) is 0. The van der Waals surface area contributed by atoms with Gasteiger partial charge < -0.3 is 10.6 Å². The molecule has 0 radical (unpaired) electrons. The fourth-order valence-electron chi connectivity index (χ4n) is 2.18. The molecule has 2 heterocycles. The number of nitrogens with zero attached hydrogens (tertiary/aromatic N) is 4. The second-order valence-electron chi connectivity index (χ2n) is 4.90. The summed E-state index contributed by atoms with van der Waals surface area (Å²) in [6.45, 7) is 5.66. The summed E-state index contributed by atoms with van der Waals surface area (Å²) in [6.07, 6.45) is 2.85. The van der Waals surface area contributed by atoms with E-state index in [4.69, 9.17) is 5.73 Å². The fourth-order valence-corrected chi connectivity index (χ4v) is 2.18. The molecular formula is C12H19N5O. The maximum atomic E-state index is 12.3. The Bertz CT molecular complexity index is 421. The molecule has 1 aliphatic rings. The van der Waals surface area contributed by atoms with Crippen molar-refractivity contribution < 1.29 is 4.79 Å². The minimum absolute atomic E-state index is 0.0747. The van der Waals surface area contributed by atoms with Crippen LogP contribution in [0.25, 0.3) is 0 Å². The quantitative estimate of drug-likeness (QED) is 0.770. The Morgan fingerprint density at radius 1 is 1.28 bits per heavy atom. The maximum Gasteiger partial charge on any atom is 0.274 e. The third kappa shape index (κ3) is 2.43. The van der Waals surface area contributed by atoms with Gasteiger partial charge in [0.1, 0.15) is 11.5 Å². The van der Waals surface area contributed by atoms with Gasteiger partial charge in [-0.15, -0.1) is 0 Å². The second-order valence-corrected chi connectivity index (χ2v) is 4.90. The third-order valence-corrected chi connectivity index (χ3v) is 3.54. The minimum Gasteiger partial charge on any atom is -0.382 e. The molecule has 0 saturated carbocycles. The molecule has 1 aliphatic heterocycles. The second kappa shape index (κ2) is 4.89. The van der Waals surface area contributed by atoms with Crippen LogP contribution in [0.15, 0.2) is 12.4 Å². The molecule has 2 unspecified atom stereocenters. The van der Waals surface area contributed by atoms with E-state index in [-0.39, 0.29) is 5.91 Å². The molecule has 1 saturated heterocycles. The van der Waals surface area contributed by atoms with Gasteiger partial charge in [-0.3, -0.25) is 9.69 Å². The van der Waals surface area contributed by atoms with Gasteiger partial charge in [0.05, 0.1) is 12.4 Å². The van der Waals surface area contributed by atoms with Crippen molar-refractivity contribution >= 4 is 11.7 Å². The third-order valence-electron chi connectivity index (χ3n) is 3.54. The molecule has 6 nitrogen and oxygen atoms in total. The van der Waals surface area contributed by atoms with Gasteiger partial charge in [-0.2, -0.15) is 0 Å². The predicted octanol–water partition coefficient (Wildman–Crippen LogP) is 0.223. The number of hydrogen-bond acceptors (Lipinski definition) is 5. The molecule has 1 aromatic heterocycles. The molecule has 0 aliphatic carbocycles. The maximum absolute atomic E-state index is 12.3. The number of hydrogen-bond donors (Lipinski definition) is 1. The van der Waals surface area contributed by atoms with Gasteiger partial charge in [0.15, 0.2) is 0 Å². The smallest absolute Gasteiger partial charge is 0.274 e. The van der Waals surface area contributed by atoms with E-state index in [0.29, 0.717) is 36.7 Å². The van der Waals surface area contributed by atoms with E-state index in [1.807, 2.05) is 4.90 Å². The van der Waals surface area contributed by atoms with E-state index >= 15 is 0 Å². The van der Waals surface area contributed by atoms with E-state index in [1.54, 1.807) is 0 Å². The highest BCUT2D eigenvalue weighted by molar-refractivity contribution is 5.92. The Morgan fingerprint density at radius 3 is 2.39 bits per heavy atom. The summed E-state index contributed by atoms with van der Waals surface area (Å²) in [5.41, 5.74) is 5.82. The number of nitrogen functional groups attached to an aromatic ring is 1. The van der Waals surface area contributed by atoms with Crippen molar-refractivity contribution in [3.8, 4) is 0 Å². The highest BCUT2D eigenvalue weighted by Crippen LogP contribution is 2.15. The molecule has 18 heavy (non-hydrogen) atoms. The molecule has 2 rings (SSSR count). The van der Waals surface area contributed by atoms with Gasteiger partial charge in [-0.1, -0.05) is 0 Å². The zero-order valence-corrected chi connectivity index (χ0v) is 11.0. The van der Waals surface area contributed by atoms with E-state index in [1.165, 1.54) is 12.4 Å². The lowest BCUT2D eigenvalue weighted by Crippen LogP contribution is -2.56. The Kier molecular flexibility index (Phi) is 3.47. The lowest BCUT2D eigenvalue weighted by molar-refractivity contribution is 0.0409. The number of piperazine rings is 1. The number of anilines is 1. The molecule has 6 heteroatoms. The summed E-state index contributed by atoms with van der Waals surface area (Å²) < 4.78 is 0. The van der Waals surface area contributed by atoms with Crippen molar-refractivity contribution in [2.24, 2.45) is 0 Å². The summed E-state index contributed by atoms with van der Waals surface area (Å²) in [7, 11) is 2.08. The normalized spacial score (nSPS) is 25.2. The highest BCUT2D eigenvalue weighted by Gasteiger charge is 2.30. The number of rotatable bonds is 1. The number of carbonyl (C=O) groups excluding carboxylic acids is 1. The van der Waals surface area contributed by atoms with Gasteiger partial charge >= 0.3 is 0 Å². The van der Waals surface area contributed by atoms with Gasteiger partial charge in [-0.25, -0.2) is 9.97 Å². The van der Waals surface area contributed by atoms with Gasteiger partial charge in [0.2, 0.25) is 0 Å². The lowest BCUT2D eigenvalue weighted by atomic mass is 10.1. The Hall–Kier alpha value is -1.69. The van der Waals surface area contributed by atoms with E-state index < -0.39 is 0 Å². The zero-order chi connectivity index (χ0) is 13.3. The summed E-state index contributed by atoms with van der Waals surface area (Å²) in [5.74, 6) is 0.251. The van der Waals surface area contributed by atoms with Crippen molar-refractivity contribution in [1.82, 2.24) is 19.8 Å². The van der Waals surface area contributed by atoms with Crippen molar-refractivity contribution in [2.75, 3.05) is 25.9 Å². The van der Waals surface area contributed by atoms with Crippen LogP contribution in [0.2, 0.25) is 0 Å². The van der Waals surface area contributed by atoms with Crippen LogP contribution in [0.5, 0.6) is 0 Å². The van der Waals surface area contributed by atoms with Crippen molar-refractivity contribution in [2.45, 2.75) is 25.9 Å². The van der Waals surface area contributed by atoms with Crippen molar-refractivity contribution in [1.29, 1.82) is 0 Å². The van der Waals surface area contributed by atoms with Gasteiger partial charge in [0.25, 0.3) is 5.91 Å². The number of carbonyl (C=O) groups is 1. The number of aromatic nitrogens is 2. The first kappa shape index (κ1) is 12.8. The SMILES string of the molecule is CC1CN(C(=O)c2cnc(N)cn2)CC(C)N1C. The van der Waals surface area contributed by atoms with E-state index in [2.05, 4.69) is 35.8 Å². The largest absolute Gasteiger partial charge is 0.382 e. The average Bonchev–Trinajstić information content (AvgIpc) is 2.35. The molecule has 1 aromatic rings. The van der Waals surface area contributed by atoms with Crippen LogP contribution in [0.4, 0.5) is 5.82 Å². The zero-order valence-electron chi connectivity index (χ0n) is 11.0. The first-order valence-electron chi connectivity index (χ1n) is 6.07. The number of nitrogens with two attached hydrogens (primary N) is 1. The van der Waals surface area contributed by atoms with Crippen LogP contribution in [0.3, 0.4) is 0 Å². The van der Waals surface area contributed by atoms with Crippen LogP contribution in [-0.2, 0) is 0 Å². The van der Waals surface area contributed by atoms with Crippen LogP contribution in [0.1, 0.15) is 24.3 Å². The summed E-state index contributed by atoms with van der Waals surface area (Å²) in [6, 6.07) is 0.693. The first-order chi connectivity index (χ1) is 8.49. The average molecular weight is 249 g/mol. The molecular weight excluding hydrogens is 230 g/mol. The Balaban J connectivity index is 2.12. The Morgan fingerprint density at radius 2 is 1.89 bits per heavy atom. The topological polar surface area (TPSA) is 75.3 Å². The number of amides is 1. The first-order valence-corrected chi connectivity index (χ1v) is 6.07. The van der Waals surface area contributed by atoms with Crippen molar-refractivity contribution in [3.63, 3.8) is 0 Å². The molecule has 0 spiro atoms. The predicted molar refractivity (Wildman–Crippen MR) is 69.0 cm³/mol. The molecule has 1 amide bonds. The summed E-state index contributed by atoms with van der Waals surface area (Å²) in [4.78, 5) is 24.3. The highest BCUT2D eigenvalue weighted by atomic mass is 16.2. The van der Waals surface area contributed by atoms with E-state index in [0.717, 1.165) is 0 Å². The Labute approximate surface area is 107 Å². The fraction of sp³-hybridized carbons (Fsp3) is 0.583. The van der Waals surface area contributed by atoms with Gasteiger partial charge in [-0.05, 0) is 20.9 Å². The molecule has 1 fully saturated rings. The molecule has 2 atom stereocenters. The monoisotopic (exact) mass is 249 g/mol. The van der Waals surface area contributed by atoms with Crippen LogP contribution in [-0.4, -0.2) is 57.9 Å². The molecule has 2 N–H and O–H groups in total. The molecule has 0 aromatic carbocycles. The van der Waals surface area contributed by atoms with Crippen molar-refractivity contribution in [3.05, 3.63) is 18.1 Å². The van der Waals surface area contributed by atoms with Crippen LogP contribution < -0.4 is 5.73 Å². The van der Waals surface area contributed by atoms with E-state index in [9.17, 15) is 4.79 Å².